The summed E-state index contributed by atoms with van der Waals surface area (Å²) in [4.78, 5) is 2.05. The van der Waals surface area contributed by atoms with Gasteiger partial charge in [-0.15, -0.1) is 11.6 Å². The van der Waals surface area contributed by atoms with Gasteiger partial charge in [-0.05, 0) is 14.1 Å². The Morgan fingerprint density at radius 2 is 1.64 bits per heavy atom. The van der Waals surface area contributed by atoms with Crippen LogP contribution in [0.2, 0.25) is 0 Å². The number of halogens is 1. The summed E-state index contributed by atoms with van der Waals surface area (Å²) < 4.78 is 31.6. The summed E-state index contributed by atoms with van der Waals surface area (Å²) in [7, 11) is -0.662. The molecule has 0 spiro atoms. The molecular formula is C4H12ClNO4S. The van der Waals surface area contributed by atoms with Crippen LogP contribution in [0.4, 0.5) is 0 Å². The van der Waals surface area contributed by atoms with Crippen molar-refractivity contribution in [3.63, 3.8) is 0 Å². The molecule has 0 saturated heterocycles. The topological polar surface area (TPSA) is 77.8 Å². The van der Waals surface area contributed by atoms with Crippen LogP contribution in [0.5, 0.6) is 0 Å². The van der Waals surface area contributed by atoms with E-state index in [1.54, 1.807) is 0 Å². The van der Waals surface area contributed by atoms with Gasteiger partial charge in [0.25, 0.3) is 0 Å². The van der Waals surface area contributed by atoms with E-state index in [9.17, 15) is 0 Å². The highest BCUT2D eigenvalue weighted by Crippen LogP contribution is 1.75. The first-order chi connectivity index (χ1) is 4.77. The van der Waals surface area contributed by atoms with E-state index < -0.39 is 10.4 Å². The molecule has 0 unspecified atom stereocenters. The average molecular weight is 206 g/mol. The van der Waals surface area contributed by atoms with Crippen molar-refractivity contribution in [2.75, 3.05) is 26.5 Å². The molecule has 2 N–H and O–H groups in total. The van der Waals surface area contributed by atoms with Gasteiger partial charge < -0.3 is 4.90 Å². The Morgan fingerprint density at radius 3 is 1.64 bits per heavy atom. The van der Waals surface area contributed by atoms with E-state index in [1.165, 1.54) is 0 Å². The van der Waals surface area contributed by atoms with Crippen molar-refractivity contribution in [1.29, 1.82) is 0 Å². The fourth-order valence-electron chi connectivity index (χ4n) is 0.169. The molecule has 70 valence electrons. The van der Waals surface area contributed by atoms with Gasteiger partial charge in [0.15, 0.2) is 0 Å². The fourth-order valence-corrected chi connectivity index (χ4v) is 0.507. The third kappa shape index (κ3) is 68.5. The van der Waals surface area contributed by atoms with Crippen LogP contribution in [0.25, 0.3) is 0 Å². The number of hydrogen-bond donors (Lipinski definition) is 2. The minimum atomic E-state index is -4.67. The number of rotatable bonds is 2. The van der Waals surface area contributed by atoms with Gasteiger partial charge in [0.2, 0.25) is 0 Å². The van der Waals surface area contributed by atoms with E-state index >= 15 is 0 Å². The SMILES string of the molecule is CN(C)CCCl.O=S(=O)(O)O. The number of nitrogens with zero attached hydrogens (tertiary/aromatic N) is 1. The second-order valence-electron chi connectivity index (χ2n) is 1.94. The van der Waals surface area contributed by atoms with Crippen molar-refractivity contribution in [1.82, 2.24) is 4.90 Å². The van der Waals surface area contributed by atoms with Gasteiger partial charge in [0.1, 0.15) is 0 Å². The largest absolute Gasteiger partial charge is 0.394 e. The molecule has 0 amide bonds. The maximum absolute atomic E-state index is 8.74. The zero-order chi connectivity index (χ0) is 9.49. The van der Waals surface area contributed by atoms with Crippen LogP contribution >= 0.6 is 11.6 Å². The predicted octanol–water partition coefficient (Wildman–Crippen LogP) is 0.134. The van der Waals surface area contributed by atoms with Gasteiger partial charge >= 0.3 is 10.4 Å². The van der Waals surface area contributed by atoms with E-state index in [0.717, 1.165) is 12.4 Å². The van der Waals surface area contributed by atoms with Crippen molar-refractivity contribution < 1.29 is 17.5 Å². The second kappa shape index (κ2) is 6.81. The molecule has 0 aromatic rings. The number of hydrogen-bond acceptors (Lipinski definition) is 3. The zero-order valence-electron chi connectivity index (χ0n) is 6.36. The summed E-state index contributed by atoms with van der Waals surface area (Å²) in [5.74, 6) is 0.729. The molecule has 5 nitrogen and oxygen atoms in total. The van der Waals surface area contributed by atoms with Gasteiger partial charge in [-0.1, -0.05) is 0 Å². The quantitative estimate of drug-likeness (QED) is 0.495. The van der Waals surface area contributed by atoms with Gasteiger partial charge in [-0.2, -0.15) is 8.42 Å². The molecule has 11 heavy (non-hydrogen) atoms. The van der Waals surface area contributed by atoms with Crippen molar-refractivity contribution in [2.45, 2.75) is 0 Å². The monoisotopic (exact) mass is 205 g/mol. The molecule has 0 atom stereocenters. The number of alkyl halides is 1. The Labute approximate surface area is 71.5 Å². The highest BCUT2D eigenvalue weighted by atomic mass is 35.5. The Bertz CT molecular complexity index is 159. The van der Waals surface area contributed by atoms with E-state index in [1.807, 2.05) is 19.0 Å². The van der Waals surface area contributed by atoms with Crippen LogP contribution in [0, 0.1) is 0 Å². The van der Waals surface area contributed by atoms with Gasteiger partial charge in [-0.3, -0.25) is 9.11 Å². The van der Waals surface area contributed by atoms with Crippen LogP contribution in [-0.4, -0.2) is 48.9 Å². The Hall–Kier alpha value is 0.120. The smallest absolute Gasteiger partial charge is 0.308 e. The molecule has 0 aromatic heterocycles. The summed E-state index contributed by atoms with van der Waals surface area (Å²) in [6.07, 6.45) is 0. The Morgan fingerprint density at radius 1 is 1.36 bits per heavy atom. The molecule has 0 saturated carbocycles. The van der Waals surface area contributed by atoms with Gasteiger partial charge in [0.05, 0.1) is 0 Å². The normalized spacial score (nSPS) is 10.7. The fraction of sp³-hybridized carbons (Fsp3) is 1.00. The Kier molecular flexibility index (Phi) is 8.47. The van der Waals surface area contributed by atoms with Crippen molar-refractivity contribution in [3.05, 3.63) is 0 Å². The first-order valence-electron chi connectivity index (χ1n) is 2.68. The molecule has 0 aliphatic carbocycles. The average Bonchev–Trinajstić information content (AvgIpc) is 1.58. The summed E-state index contributed by atoms with van der Waals surface area (Å²) in [6.45, 7) is 0.974. The molecule has 0 aliphatic heterocycles. The lowest BCUT2D eigenvalue weighted by molar-refractivity contribution is 0.381. The molecule has 7 heteroatoms. The van der Waals surface area contributed by atoms with E-state index in [2.05, 4.69) is 0 Å². The lowest BCUT2D eigenvalue weighted by atomic mass is 10.7. The Balaban J connectivity index is 0. The first kappa shape index (κ1) is 13.7. The maximum atomic E-state index is 8.74. The van der Waals surface area contributed by atoms with Crippen molar-refractivity contribution >= 4 is 22.0 Å². The second-order valence-corrected chi connectivity index (χ2v) is 3.21. The van der Waals surface area contributed by atoms with Crippen LogP contribution in [0.3, 0.4) is 0 Å². The van der Waals surface area contributed by atoms with E-state index in [4.69, 9.17) is 29.1 Å². The standard InChI is InChI=1S/C4H10ClN.H2O4S/c1-6(2)4-3-5;1-5(2,3)4/h3-4H2,1-2H3;(H2,1,2,3,4). The maximum Gasteiger partial charge on any atom is 0.394 e. The van der Waals surface area contributed by atoms with E-state index in [-0.39, 0.29) is 0 Å². The highest BCUT2D eigenvalue weighted by molar-refractivity contribution is 7.79. The zero-order valence-corrected chi connectivity index (χ0v) is 7.93. The lowest BCUT2D eigenvalue weighted by Crippen LogP contribution is -2.13. The van der Waals surface area contributed by atoms with E-state index in [0.29, 0.717) is 0 Å². The molecule has 0 aromatic carbocycles. The first-order valence-corrected chi connectivity index (χ1v) is 4.61. The van der Waals surface area contributed by atoms with Gasteiger partial charge in [-0.25, -0.2) is 0 Å². The minimum absolute atomic E-state index is 0.729. The lowest BCUT2D eigenvalue weighted by Gasteiger charge is -2.02. The highest BCUT2D eigenvalue weighted by Gasteiger charge is 1.84. The molecule has 0 bridgehead atoms. The van der Waals surface area contributed by atoms with Crippen LogP contribution < -0.4 is 0 Å². The summed E-state index contributed by atoms with van der Waals surface area (Å²) in [6, 6.07) is 0. The summed E-state index contributed by atoms with van der Waals surface area (Å²) >= 11 is 5.35. The van der Waals surface area contributed by atoms with Crippen molar-refractivity contribution in [2.24, 2.45) is 0 Å². The van der Waals surface area contributed by atoms with Crippen molar-refractivity contribution in [3.8, 4) is 0 Å². The van der Waals surface area contributed by atoms with Crippen LogP contribution in [0.1, 0.15) is 0 Å². The summed E-state index contributed by atoms with van der Waals surface area (Å²) in [5, 5.41) is 0. The minimum Gasteiger partial charge on any atom is -0.308 e. The third-order valence-corrected chi connectivity index (χ3v) is 0.701. The molecule has 0 heterocycles. The van der Waals surface area contributed by atoms with Crippen LogP contribution in [-0.2, 0) is 10.4 Å². The predicted molar refractivity (Wildman–Crippen MR) is 43.5 cm³/mol. The molecule has 0 rings (SSSR count). The summed E-state index contributed by atoms with van der Waals surface area (Å²) in [5.41, 5.74) is 0. The molecular weight excluding hydrogens is 194 g/mol. The van der Waals surface area contributed by atoms with Crippen LogP contribution in [0.15, 0.2) is 0 Å². The van der Waals surface area contributed by atoms with Gasteiger partial charge in [0, 0.05) is 12.4 Å². The molecule has 0 aliphatic rings. The molecule has 0 fully saturated rings. The third-order valence-electron chi connectivity index (χ3n) is 0.532. The molecule has 0 radical (unpaired) electrons.